The van der Waals surface area contributed by atoms with E-state index in [1.165, 1.54) is 12.4 Å². The van der Waals surface area contributed by atoms with Crippen LogP contribution in [0, 0.1) is 16.7 Å². The van der Waals surface area contributed by atoms with E-state index in [1.54, 1.807) is 0 Å². The second kappa shape index (κ2) is 6.08. The fourth-order valence-corrected chi connectivity index (χ4v) is 2.34. The summed E-state index contributed by atoms with van der Waals surface area (Å²) < 4.78 is 5.78. The van der Waals surface area contributed by atoms with Gasteiger partial charge >= 0.3 is 0 Å². The van der Waals surface area contributed by atoms with E-state index >= 15 is 0 Å². The zero-order valence-corrected chi connectivity index (χ0v) is 12.7. The molecule has 2 heterocycles. The molecule has 1 aromatic rings. The van der Waals surface area contributed by atoms with E-state index in [0.717, 1.165) is 19.4 Å². The number of carbonyl (C=O) groups is 1. The Morgan fingerprint density at radius 2 is 2.14 bits per heavy atom. The van der Waals surface area contributed by atoms with Gasteiger partial charge in [-0.05, 0) is 12.8 Å². The summed E-state index contributed by atoms with van der Waals surface area (Å²) in [7, 11) is 0. The monoisotopic (exact) mass is 288 g/mol. The van der Waals surface area contributed by atoms with Crippen molar-refractivity contribution in [2.75, 3.05) is 13.1 Å². The molecule has 112 valence electrons. The van der Waals surface area contributed by atoms with Crippen LogP contribution in [0.25, 0.3) is 0 Å². The molecular formula is C15H20N4O2. The second-order valence-electron chi connectivity index (χ2n) is 6.21. The van der Waals surface area contributed by atoms with Crippen molar-refractivity contribution >= 4 is 5.91 Å². The van der Waals surface area contributed by atoms with Crippen LogP contribution in [0.4, 0.5) is 0 Å². The van der Waals surface area contributed by atoms with Gasteiger partial charge in [0.15, 0.2) is 0 Å². The zero-order chi connectivity index (χ0) is 15.5. The van der Waals surface area contributed by atoms with E-state index in [-0.39, 0.29) is 23.6 Å². The molecule has 0 spiro atoms. The molecule has 1 aliphatic heterocycles. The van der Waals surface area contributed by atoms with Crippen molar-refractivity contribution in [3.63, 3.8) is 0 Å². The summed E-state index contributed by atoms with van der Waals surface area (Å²) in [5.74, 6) is 0.366. The molecule has 6 nitrogen and oxygen atoms in total. The minimum absolute atomic E-state index is 0.121. The average molecular weight is 288 g/mol. The molecule has 0 aliphatic carbocycles. The van der Waals surface area contributed by atoms with Gasteiger partial charge in [0, 0.05) is 24.4 Å². The van der Waals surface area contributed by atoms with Crippen molar-refractivity contribution in [2.45, 2.75) is 39.7 Å². The largest absolute Gasteiger partial charge is 0.470 e. The summed E-state index contributed by atoms with van der Waals surface area (Å²) in [4.78, 5) is 22.1. The lowest BCUT2D eigenvalue weighted by Gasteiger charge is -2.36. The Bertz CT molecular complexity index is 560. The van der Waals surface area contributed by atoms with Crippen LogP contribution in [-0.4, -0.2) is 40.0 Å². The van der Waals surface area contributed by atoms with Crippen molar-refractivity contribution in [1.82, 2.24) is 14.9 Å². The van der Waals surface area contributed by atoms with E-state index < -0.39 is 5.41 Å². The lowest BCUT2D eigenvalue weighted by atomic mass is 9.93. The molecular weight excluding hydrogens is 268 g/mol. The van der Waals surface area contributed by atoms with E-state index in [9.17, 15) is 4.79 Å². The molecule has 1 aliphatic rings. The molecule has 0 N–H and O–H groups in total. The van der Waals surface area contributed by atoms with Gasteiger partial charge in [0.05, 0.1) is 6.54 Å². The SMILES string of the molecule is CC(C)(C)C(=O)N1CCCC(Oc2nccnc2C#N)C1. The fraction of sp³-hybridized carbons (Fsp3) is 0.600. The van der Waals surface area contributed by atoms with Crippen LogP contribution in [-0.2, 0) is 4.79 Å². The molecule has 0 bridgehead atoms. The molecule has 0 aromatic carbocycles. The number of amides is 1. The van der Waals surface area contributed by atoms with Crippen LogP contribution < -0.4 is 4.74 Å². The summed E-state index contributed by atoms with van der Waals surface area (Å²) in [6, 6.07) is 1.96. The van der Waals surface area contributed by atoms with E-state index in [0.29, 0.717) is 6.54 Å². The maximum atomic E-state index is 12.3. The van der Waals surface area contributed by atoms with Crippen LogP contribution >= 0.6 is 0 Å². The highest BCUT2D eigenvalue weighted by molar-refractivity contribution is 5.81. The number of hydrogen-bond donors (Lipinski definition) is 0. The Morgan fingerprint density at radius 1 is 1.43 bits per heavy atom. The van der Waals surface area contributed by atoms with Crippen molar-refractivity contribution in [1.29, 1.82) is 5.26 Å². The lowest BCUT2D eigenvalue weighted by Crippen LogP contribution is -2.48. The highest BCUT2D eigenvalue weighted by Gasteiger charge is 2.32. The van der Waals surface area contributed by atoms with Crippen molar-refractivity contribution in [3.05, 3.63) is 18.1 Å². The number of aromatic nitrogens is 2. The zero-order valence-electron chi connectivity index (χ0n) is 12.7. The highest BCUT2D eigenvalue weighted by Crippen LogP contribution is 2.23. The minimum Gasteiger partial charge on any atom is -0.470 e. The molecule has 2 rings (SSSR count). The Kier molecular flexibility index (Phi) is 4.41. The molecule has 1 fully saturated rings. The normalized spacial score (nSPS) is 19.0. The molecule has 1 amide bonds. The number of ether oxygens (including phenoxy) is 1. The van der Waals surface area contributed by atoms with Gasteiger partial charge in [0.2, 0.25) is 11.6 Å². The van der Waals surface area contributed by atoms with Gasteiger partial charge in [-0.15, -0.1) is 0 Å². The summed E-state index contributed by atoms with van der Waals surface area (Å²) in [6.07, 6.45) is 4.54. The smallest absolute Gasteiger partial charge is 0.251 e. The third kappa shape index (κ3) is 3.69. The minimum atomic E-state index is -0.397. The van der Waals surface area contributed by atoms with Gasteiger partial charge in [-0.1, -0.05) is 20.8 Å². The maximum Gasteiger partial charge on any atom is 0.251 e. The Balaban J connectivity index is 2.05. The summed E-state index contributed by atoms with van der Waals surface area (Å²) in [6.45, 7) is 7.02. The van der Waals surface area contributed by atoms with E-state index in [1.807, 2.05) is 31.7 Å². The molecule has 0 saturated carbocycles. The molecule has 0 radical (unpaired) electrons. The van der Waals surface area contributed by atoms with Gasteiger partial charge in [-0.3, -0.25) is 4.79 Å². The number of rotatable bonds is 2. The first-order chi connectivity index (χ1) is 9.91. The molecule has 1 unspecified atom stereocenters. The van der Waals surface area contributed by atoms with E-state index in [2.05, 4.69) is 9.97 Å². The van der Waals surface area contributed by atoms with Gasteiger partial charge in [-0.25, -0.2) is 9.97 Å². The van der Waals surface area contributed by atoms with Crippen LogP contribution in [0.3, 0.4) is 0 Å². The number of carbonyl (C=O) groups excluding carboxylic acids is 1. The van der Waals surface area contributed by atoms with Crippen molar-refractivity contribution in [2.24, 2.45) is 5.41 Å². The highest BCUT2D eigenvalue weighted by atomic mass is 16.5. The maximum absolute atomic E-state index is 12.3. The van der Waals surface area contributed by atoms with Crippen molar-refractivity contribution in [3.8, 4) is 11.9 Å². The van der Waals surface area contributed by atoms with Gasteiger partial charge in [0.25, 0.3) is 5.88 Å². The predicted octanol–water partition coefficient (Wildman–Crippen LogP) is 1.76. The summed E-state index contributed by atoms with van der Waals surface area (Å²) in [5, 5.41) is 9.00. The molecule has 6 heteroatoms. The first kappa shape index (κ1) is 15.2. The van der Waals surface area contributed by atoms with Crippen LogP contribution in [0.2, 0.25) is 0 Å². The Hall–Kier alpha value is -2.16. The Labute approximate surface area is 124 Å². The summed E-state index contributed by atoms with van der Waals surface area (Å²) in [5.41, 5.74) is -0.219. The predicted molar refractivity (Wildman–Crippen MR) is 76.4 cm³/mol. The standard InChI is InChI=1S/C15H20N4O2/c1-15(2,3)14(20)19-8-4-5-11(10-19)21-13-12(9-16)17-6-7-18-13/h6-7,11H,4-5,8,10H2,1-3H3. The first-order valence-corrected chi connectivity index (χ1v) is 7.09. The topological polar surface area (TPSA) is 79.1 Å². The van der Waals surface area contributed by atoms with Gasteiger partial charge in [0.1, 0.15) is 12.2 Å². The van der Waals surface area contributed by atoms with Crippen LogP contribution in [0.15, 0.2) is 12.4 Å². The van der Waals surface area contributed by atoms with Gasteiger partial charge in [-0.2, -0.15) is 5.26 Å². The molecule has 1 saturated heterocycles. The number of piperidine rings is 1. The third-order valence-electron chi connectivity index (χ3n) is 3.36. The first-order valence-electron chi connectivity index (χ1n) is 7.09. The average Bonchev–Trinajstić information content (AvgIpc) is 2.46. The molecule has 1 atom stereocenters. The molecule has 1 aromatic heterocycles. The Morgan fingerprint density at radius 3 is 2.81 bits per heavy atom. The number of likely N-dealkylation sites (tertiary alicyclic amines) is 1. The quantitative estimate of drug-likeness (QED) is 0.828. The van der Waals surface area contributed by atoms with Crippen LogP contribution in [0.5, 0.6) is 5.88 Å². The lowest BCUT2D eigenvalue weighted by molar-refractivity contribution is -0.142. The van der Waals surface area contributed by atoms with Crippen molar-refractivity contribution < 1.29 is 9.53 Å². The fourth-order valence-electron chi connectivity index (χ4n) is 2.34. The third-order valence-corrected chi connectivity index (χ3v) is 3.36. The summed E-state index contributed by atoms with van der Waals surface area (Å²) >= 11 is 0. The number of nitriles is 1. The van der Waals surface area contributed by atoms with Crippen LogP contribution in [0.1, 0.15) is 39.3 Å². The number of nitrogens with zero attached hydrogens (tertiary/aromatic N) is 4. The van der Waals surface area contributed by atoms with Gasteiger partial charge < -0.3 is 9.64 Å². The molecule has 21 heavy (non-hydrogen) atoms. The number of hydrogen-bond acceptors (Lipinski definition) is 5. The van der Waals surface area contributed by atoms with E-state index in [4.69, 9.17) is 10.00 Å². The second-order valence-corrected chi connectivity index (χ2v) is 6.21.